The van der Waals surface area contributed by atoms with Crippen LogP contribution in [0.15, 0.2) is 5.38 Å². The predicted octanol–water partition coefficient (Wildman–Crippen LogP) is 2.60. The molecule has 3 nitrogen and oxygen atoms in total. The molecular weight excluding hydrogens is 232 g/mol. The Morgan fingerprint density at radius 3 is 3.13 bits per heavy atom. The lowest BCUT2D eigenvalue weighted by atomic mass is 9.95. The minimum atomic E-state index is 0.168. The molecule has 2 rings (SSSR count). The minimum Gasteiger partial charge on any atom is -0.347 e. The molecule has 0 aromatic carbocycles. The van der Waals surface area contributed by atoms with E-state index in [4.69, 9.17) is 11.6 Å². The van der Waals surface area contributed by atoms with Gasteiger partial charge in [-0.1, -0.05) is 11.6 Å². The molecule has 0 bridgehead atoms. The molecule has 1 fully saturated rings. The Bertz CT molecular complexity index is 366. The first-order chi connectivity index (χ1) is 7.16. The zero-order chi connectivity index (χ0) is 10.8. The van der Waals surface area contributed by atoms with E-state index < -0.39 is 0 Å². The van der Waals surface area contributed by atoms with E-state index in [0.29, 0.717) is 5.15 Å². The number of hydrogen-bond acceptors (Lipinski definition) is 4. The molecule has 0 aliphatic carbocycles. The summed E-state index contributed by atoms with van der Waals surface area (Å²) >= 11 is 7.33. The largest absolute Gasteiger partial charge is 0.347 e. The lowest BCUT2D eigenvalue weighted by Crippen LogP contribution is -2.37. The molecule has 0 N–H and O–H groups in total. The van der Waals surface area contributed by atoms with Crippen LogP contribution in [0.3, 0.4) is 0 Å². The number of rotatable bonds is 2. The topological polar surface area (TPSA) is 33.2 Å². The number of thiazole rings is 1. The Morgan fingerprint density at radius 2 is 2.53 bits per heavy atom. The van der Waals surface area contributed by atoms with Crippen molar-refractivity contribution in [2.75, 3.05) is 18.0 Å². The highest BCUT2D eigenvalue weighted by atomic mass is 35.5. The molecule has 82 valence electrons. The van der Waals surface area contributed by atoms with Crippen LogP contribution in [0.25, 0.3) is 0 Å². The second kappa shape index (κ2) is 4.49. The molecule has 1 unspecified atom stereocenters. The zero-order valence-corrected chi connectivity index (χ0v) is 10.1. The first-order valence-electron chi connectivity index (χ1n) is 5.03. The van der Waals surface area contributed by atoms with E-state index in [0.717, 1.165) is 31.1 Å². The average molecular weight is 245 g/mol. The van der Waals surface area contributed by atoms with E-state index >= 15 is 0 Å². The van der Waals surface area contributed by atoms with Gasteiger partial charge in [0.25, 0.3) is 0 Å². The summed E-state index contributed by atoms with van der Waals surface area (Å²) in [5.41, 5.74) is 0. The second-order valence-corrected chi connectivity index (χ2v) is 5.07. The van der Waals surface area contributed by atoms with Crippen LogP contribution in [0.5, 0.6) is 0 Å². The molecule has 0 spiro atoms. The van der Waals surface area contributed by atoms with Crippen LogP contribution in [-0.4, -0.2) is 23.9 Å². The van der Waals surface area contributed by atoms with E-state index in [9.17, 15) is 4.79 Å². The lowest BCUT2D eigenvalue weighted by Gasteiger charge is -2.31. The fourth-order valence-corrected chi connectivity index (χ4v) is 2.86. The van der Waals surface area contributed by atoms with Gasteiger partial charge in [0.15, 0.2) is 5.13 Å². The van der Waals surface area contributed by atoms with Crippen LogP contribution in [0.2, 0.25) is 5.15 Å². The Kier molecular flexibility index (Phi) is 3.26. The molecule has 1 aliphatic rings. The van der Waals surface area contributed by atoms with Gasteiger partial charge < -0.3 is 4.90 Å². The summed E-state index contributed by atoms with van der Waals surface area (Å²) in [4.78, 5) is 17.7. The van der Waals surface area contributed by atoms with Crippen molar-refractivity contribution >= 4 is 33.9 Å². The molecule has 0 amide bonds. The Hall–Kier alpha value is -0.610. The predicted molar refractivity (Wildman–Crippen MR) is 62.7 cm³/mol. The van der Waals surface area contributed by atoms with Gasteiger partial charge in [-0.15, -0.1) is 11.3 Å². The molecular formula is C10H13ClN2OS. The van der Waals surface area contributed by atoms with Gasteiger partial charge in [0, 0.05) is 24.4 Å². The Labute approximate surface area is 98.1 Å². The molecule has 5 heteroatoms. The van der Waals surface area contributed by atoms with Crippen molar-refractivity contribution in [1.29, 1.82) is 0 Å². The number of carbonyl (C=O) groups excluding carboxylic acids is 1. The number of hydrogen-bond donors (Lipinski definition) is 0. The van der Waals surface area contributed by atoms with Crippen molar-refractivity contribution in [2.24, 2.45) is 5.92 Å². The highest BCUT2D eigenvalue weighted by Crippen LogP contribution is 2.27. The van der Waals surface area contributed by atoms with Crippen LogP contribution in [0, 0.1) is 5.92 Å². The summed E-state index contributed by atoms with van der Waals surface area (Å²) in [6.45, 7) is 3.44. The highest BCUT2D eigenvalue weighted by Gasteiger charge is 2.24. The summed E-state index contributed by atoms with van der Waals surface area (Å²) < 4.78 is 0. The molecule has 1 aromatic rings. The third kappa shape index (κ3) is 2.49. The molecule has 0 radical (unpaired) electrons. The number of Topliss-reactive ketones (excluding diaryl/α,β-unsaturated/α-hetero) is 1. The van der Waals surface area contributed by atoms with E-state index in [2.05, 4.69) is 9.88 Å². The molecule has 15 heavy (non-hydrogen) atoms. The summed E-state index contributed by atoms with van der Waals surface area (Å²) in [6, 6.07) is 0. The standard InChI is InChI=1S/C10H13ClN2OS/c1-7(14)8-3-2-4-13(5-8)10-12-9(11)6-15-10/h6,8H,2-5H2,1H3. The smallest absolute Gasteiger partial charge is 0.186 e. The van der Waals surface area contributed by atoms with Gasteiger partial charge in [0.05, 0.1) is 0 Å². The van der Waals surface area contributed by atoms with Crippen molar-refractivity contribution in [1.82, 2.24) is 4.98 Å². The molecule has 1 atom stereocenters. The molecule has 2 heterocycles. The first kappa shape index (κ1) is 10.9. The van der Waals surface area contributed by atoms with Gasteiger partial charge in [0.1, 0.15) is 10.9 Å². The van der Waals surface area contributed by atoms with Crippen LogP contribution < -0.4 is 4.90 Å². The van der Waals surface area contributed by atoms with Gasteiger partial charge >= 0.3 is 0 Å². The summed E-state index contributed by atoms with van der Waals surface area (Å²) in [7, 11) is 0. The monoisotopic (exact) mass is 244 g/mol. The van der Waals surface area contributed by atoms with E-state index in [-0.39, 0.29) is 11.7 Å². The van der Waals surface area contributed by atoms with Crippen molar-refractivity contribution in [3.05, 3.63) is 10.5 Å². The van der Waals surface area contributed by atoms with Crippen LogP contribution in [-0.2, 0) is 4.79 Å². The Morgan fingerprint density at radius 1 is 1.73 bits per heavy atom. The third-order valence-electron chi connectivity index (χ3n) is 2.73. The number of nitrogens with zero attached hydrogens (tertiary/aromatic N) is 2. The number of halogens is 1. The van der Waals surface area contributed by atoms with E-state index in [1.54, 1.807) is 18.3 Å². The van der Waals surface area contributed by atoms with Crippen molar-refractivity contribution < 1.29 is 4.79 Å². The van der Waals surface area contributed by atoms with Gasteiger partial charge in [-0.25, -0.2) is 4.98 Å². The maximum absolute atomic E-state index is 11.3. The van der Waals surface area contributed by atoms with Gasteiger partial charge in [-0.2, -0.15) is 0 Å². The number of ketones is 1. The quantitative estimate of drug-likeness (QED) is 0.802. The van der Waals surface area contributed by atoms with Crippen LogP contribution in [0.4, 0.5) is 5.13 Å². The Balaban J connectivity index is 2.07. The van der Waals surface area contributed by atoms with Crippen LogP contribution in [0.1, 0.15) is 19.8 Å². The summed E-state index contributed by atoms with van der Waals surface area (Å²) in [5, 5.41) is 3.31. The third-order valence-corrected chi connectivity index (χ3v) is 3.96. The SMILES string of the molecule is CC(=O)C1CCCN(c2nc(Cl)cs2)C1. The zero-order valence-electron chi connectivity index (χ0n) is 8.57. The van der Waals surface area contributed by atoms with E-state index in [1.807, 2.05) is 5.38 Å². The first-order valence-corrected chi connectivity index (χ1v) is 6.29. The molecule has 1 aliphatic heterocycles. The second-order valence-electron chi connectivity index (χ2n) is 3.85. The van der Waals surface area contributed by atoms with Crippen molar-refractivity contribution in [3.8, 4) is 0 Å². The van der Waals surface area contributed by atoms with E-state index in [1.165, 1.54) is 0 Å². The molecule has 1 aromatic heterocycles. The van der Waals surface area contributed by atoms with Gasteiger partial charge in [-0.3, -0.25) is 4.79 Å². The van der Waals surface area contributed by atoms with Crippen LogP contribution >= 0.6 is 22.9 Å². The number of piperidine rings is 1. The van der Waals surface area contributed by atoms with Gasteiger partial charge in [-0.05, 0) is 19.8 Å². The number of carbonyl (C=O) groups is 1. The normalized spacial score (nSPS) is 21.7. The fraction of sp³-hybridized carbons (Fsp3) is 0.600. The number of aromatic nitrogens is 1. The summed E-state index contributed by atoms with van der Waals surface area (Å²) in [5.74, 6) is 0.448. The highest BCUT2D eigenvalue weighted by molar-refractivity contribution is 7.14. The minimum absolute atomic E-state index is 0.168. The van der Waals surface area contributed by atoms with Crippen molar-refractivity contribution in [2.45, 2.75) is 19.8 Å². The lowest BCUT2D eigenvalue weighted by molar-refractivity contribution is -0.120. The number of anilines is 1. The van der Waals surface area contributed by atoms with Crippen molar-refractivity contribution in [3.63, 3.8) is 0 Å². The summed E-state index contributed by atoms with van der Waals surface area (Å²) in [6.07, 6.45) is 2.06. The average Bonchev–Trinajstić information content (AvgIpc) is 2.65. The fourth-order valence-electron chi connectivity index (χ4n) is 1.87. The maximum atomic E-state index is 11.3. The molecule has 1 saturated heterocycles. The van der Waals surface area contributed by atoms with Gasteiger partial charge in [0.2, 0.25) is 0 Å². The maximum Gasteiger partial charge on any atom is 0.186 e. The molecule has 0 saturated carbocycles.